The molecule has 2 aromatic heterocycles. The van der Waals surface area contributed by atoms with E-state index in [4.69, 9.17) is 22.1 Å². The molecule has 4 aromatic rings. The van der Waals surface area contributed by atoms with E-state index in [0.717, 1.165) is 15.4 Å². The van der Waals surface area contributed by atoms with Gasteiger partial charge in [0.05, 0.1) is 44.6 Å². The van der Waals surface area contributed by atoms with Gasteiger partial charge in [-0.3, -0.25) is 4.79 Å². The lowest BCUT2D eigenvalue weighted by molar-refractivity contribution is 0.0660. The lowest BCUT2D eigenvalue weighted by atomic mass is 10.0. The Morgan fingerprint density at radius 3 is 2.44 bits per heavy atom. The van der Waals surface area contributed by atoms with Crippen LogP contribution in [0.15, 0.2) is 53.7 Å². The fourth-order valence-corrected chi connectivity index (χ4v) is 6.01. The predicted molar refractivity (Wildman–Crippen MR) is 163 cm³/mol. The molecular formula is C28H31ClN6O4S2. The minimum Gasteiger partial charge on any atom is -0.374 e. The van der Waals surface area contributed by atoms with Crippen LogP contribution in [0.5, 0.6) is 0 Å². The highest BCUT2D eigenvalue weighted by atomic mass is 35.5. The average Bonchev–Trinajstić information content (AvgIpc) is 3.35. The summed E-state index contributed by atoms with van der Waals surface area (Å²) >= 11 is 7.85. The Balaban J connectivity index is 1.75. The van der Waals surface area contributed by atoms with Crippen molar-refractivity contribution in [2.45, 2.75) is 57.5 Å². The molecule has 4 rings (SSSR count). The highest BCUT2D eigenvalue weighted by Gasteiger charge is 2.23. The number of aromatic nitrogens is 3. The number of sulfone groups is 1. The maximum absolute atomic E-state index is 12.9. The van der Waals surface area contributed by atoms with E-state index in [1.807, 2.05) is 26.8 Å². The Morgan fingerprint density at radius 2 is 1.80 bits per heavy atom. The lowest BCUT2D eigenvalue weighted by Crippen LogP contribution is -2.16. The van der Waals surface area contributed by atoms with Gasteiger partial charge in [0.15, 0.2) is 15.7 Å². The number of halogens is 1. The fraction of sp³-hybridized carbons (Fsp3) is 0.286. The number of benzene rings is 2. The number of nitrogens with zero attached hydrogens (tertiary/aromatic N) is 3. The Bertz CT molecular complexity index is 1690. The van der Waals surface area contributed by atoms with E-state index in [1.165, 1.54) is 23.6 Å². The van der Waals surface area contributed by atoms with Gasteiger partial charge >= 0.3 is 0 Å². The predicted octanol–water partition coefficient (Wildman–Crippen LogP) is 6.26. The van der Waals surface area contributed by atoms with E-state index >= 15 is 0 Å². The molecule has 0 saturated carbocycles. The van der Waals surface area contributed by atoms with Crippen molar-refractivity contribution in [3.63, 3.8) is 0 Å². The maximum Gasteiger partial charge on any atom is 0.249 e. The Kier molecular flexibility index (Phi) is 9.27. The topological polar surface area (TPSA) is 149 Å². The zero-order valence-corrected chi connectivity index (χ0v) is 25.6. The first-order valence-corrected chi connectivity index (χ1v) is 15.5. The quantitative estimate of drug-likeness (QED) is 0.178. The van der Waals surface area contributed by atoms with Crippen LogP contribution in [0.3, 0.4) is 0 Å². The fourth-order valence-electron chi connectivity index (χ4n) is 3.87. The number of amides is 1. The van der Waals surface area contributed by atoms with Crippen molar-refractivity contribution in [1.82, 2.24) is 15.0 Å². The average molecular weight is 615 g/mol. The van der Waals surface area contributed by atoms with E-state index in [1.54, 1.807) is 44.3 Å². The number of carbonyl (C=O) groups is 1. The highest BCUT2D eigenvalue weighted by Crippen LogP contribution is 2.35. The van der Waals surface area contributed by atoms with Crippen LogP contribution in [0, 0.1) is 6.92 Å². The van der Waals surface area contributed by atoms with Gasteiger partial charge in [0, 0.05) is 28.6 Å². The number of anilines is 4. The molecule has 0 aliphatic carbocycles. The van der Waals surface area contributed by atoms with Gasteiger partial charge in [0.25, 0.3) is 0 Å². The van der Waals surface area contributed by atoms with Gasteiger partial charge in [-0.2, -0.15) is 4.98 Å². The second-order valence-corrected chi connectivity index (χ2v) is 13.9. The third-order valence-corrected chi connectivity index (χ3v) is 9.46. The minimum atomic E-state index is -3.58. The lowest BCUT2D eigenvalue weighted by Gasteiger charge is -2.18. The largest absolute Gasteiger partial charge is 0.374 e. The first kappa shape index (κ1) is 30.4. The van der Waals surface area contributed by atoms with Crippen LogP contribution in [0.25, 0.3) is 10.4 Å². The molecule has 2 heterocycles. The molecule has 216 valence electrons. The molecule has 0 unspecified atom stereocenters. The van der Waals surface area contributed by atoms with E-state index in [-0.39, 0.29) is 34.4 Å². The van der Waals surface area contributed by atoms with Crippen molar-refractivity contribution >= 4 is 61.8 Å². The van der Waals surface area contributed by atoms with Gasteiger partial charge in [-0.1, -0.05) is 23.7 Å². The molecule has 0 fully saturated rings. The van der Waals surface area contributed by atoms with Gasteiger partial charge < -0.3 is 21.1 Å². The molecule has 1 amide bonds. The summed E-state index contributed by atoms with van der Waals surface area (Å²) in [6, 6.07) is 10.0. The second-order valence-electron chi connectivity index (χ2n) is 9.75. The first-order chi connectivity index (χ1) is 19.4. The number of hydrogen-bond acceptors (Lipinski definition) is 10. The number of ether oxygens (including phenoxy) is 1. The molecular weight excluding hydrogens is 584 g/mol. The van der Waals surface area contributed by atoms with Crippen molar-refractivity contribution in [2.24, 2.45) is 5.73 Å². The van der Waals surface area contributed by atoms with Crippen LogP contribution >= 0.6 is 22.9 Å². The zero-order chi connectivity index (χ0) is 29.9. The first-order valence-electron chi connectivity index (χ1n) is 12.8. The Hall–Kier alpha value is -3.58. The maximum atomic E-state index is 12.9. The van der Waals surface area contributed by atoms with Crippen molar-refractivity contribution in [1.29, 1.82) is 0 Å². The molecule has 0 bridgehead atoms. The summed E-state index contributed by atoms with van der Waals surface area (Å²) < 4.78 is 31.7. The third kappa shape index (κ3) is 7.02. The number of thiazole rings is 1. The summed E-state index contributed by atoms with van der Waals surface area (Å²) in [7, 11) is -3.58. The van der Waals surface area contributed by atoms with Crippen LogP contribution in [-0.2, 0) is 21.2 Å². The minimum absolute atomic E-state index is 0.0439. The summed E-state index contributed by atoms with van der Waals surface area (Å²) in [4.78, 5) is 26.5. The summed E-state index contributed by atoms with van der Waals surface area (Å²) in [5.41, 5.74) is 8.31. The second kappa shape index (κ2) is 12.5. The molecule has 0 saturated heterocycles. The number of nitrogens with one attached hydrogen (secondary N) is 2. The van der Waals surface area contributed by atoms with E-state index in [0.29, 0.717) is 22.5 Å². The van der Waals surface area contributed by atoms with Crippen molar-refractivity contribution in [3.05, 3.63) is 69.9 Å². The SMILES string of the molecule is Cc1ncc(-c2cc(COC(C)C)c(Nc3ncc(Cl)c(Nc4ccccc4S(=O)(=O)C(C)C)n3)cc2C(N)=O)s1. The van der Waals surface area contributed by atoms with Gasteiger partial charge in [0.1, 0.15) is 5.02 Å². The van der Waals surface area contributed by atoms with Gasteiger partial charge in [-0.05, 0) is 58.9 Å². The van der Waals surface area contributed by atoms with Crippen LogP contribution < -0.4 is 16.4 Å². The molecule has 0 spiro atoms. The van der Waals surface area contributed by atoms with E-state index in [9.17, 15) is 13.2 Å². The standard InChI is InChI=1S/C28H31ClN6O4S2/c1-15(2)39-14-18-10-19(24-13-31-17(5)40-24)20(26(30)36)11-23(18)34-28-32-12-21(29)27(35-28)33-22-8-6-7-9-25(22)41(37,38)16(3)4/h6-13,15-16H,14H2,1-5H3,(H2,30,36)(H2,32,33,34,35). The summed E-state index contributed by atoms with van der Waals surface area (Å²) in [6.45, 7) is 9.22. The highest BCUT2D eigenvalue weighted by molar-refractivity contribution is 7.92. The van der Waals surface area contributed by atoms with Crippen molar-refractivity contribution < 1.29 is 17.9 Å². The van der Waals surface area contributed by atoms with Crippen LogP contribution in [0.1, 0.15) is 48.6 Å². The van der Waals surface area contributed by atoms with Crippen LogP contribution in [0.4, 0.5) is 23.1 Å². The smallest absolute Gasteiger partial charge is 0.249 e. The number of para-hydroxylation sites is 1. The molecule has 2 aromatic carbocycles. The number of primary amides is 1. The molecule has 0 aliphatic heterocycles. The molecule has 41 heavy (non-hydrogen) atoms. The molecule has 0 radical (unpaired) electrons. The molecule has 0 atom stereocenters. The third-order valence-electron chi connectivity index (χ3n) is 6.03. The van der Waals surface area contributed by atoms with E-state index < -0.39 is 21.0 Å². The molecule has 10 nitrogen and oxygen atoms in total. The Labute approximate surface area is 248 Å². The van der Waals surface area contributed by atoms with Crippen LogP contribution in [0.2, 0.25) is 5.02 Å². The van der Waals surface area contributed by atoms with Crippen molar-refractivity contribution in [3.8, 4) is 10.4 Å². The van der Waals surface area contributed by atoms with Gasteiger partial charge in [-0.15, -0.1) is 11.3 Å². The number of hydrogen-bond donors (Lipinski definition) is 3. The summed E-state index contributed by atoms with van der Waals surface area (Å²) in [5.74, 6) is -0.251. The molecule has 0 aliphatic rings. The van der Waals surface area contributed by atoms with Gasteiger partial charge in [-0.25, -0.2) is 18.4 Å². The normalized spacial score (nSPS) is 11.7. The monoisotopic (exact) mass is 614 g/mol. The molecule has 13 heteroatoms. The number of rotatable bonds is 11. The number of aryl methyl sites for hydroxylation is 1. The van der Waals surface area contributed by atoms with Gasteiger partial charge in [0.2, 0.25) is 11.9 Å². The zero-order valence-electron chi connectivity index (χ0n) is 23.2. The van der Waals surface area contributed by atoms with Crippen LogP contribution in [-0.4, -0.2) is 40.6 Å². The van der Waals surface area contributed by atoms with E-state index in [2.05, 4.69) is 25.6 Å². The number of carbonyl (C=O) groups excluding carboxylic acids is 1. The van der Waals surface area contributed by atoms with Crippen molar-refractivity contribution in [2.75, 3.05) is 10.6 Å². The Morgan fingerprint density at radius 1 is 1.07 bits per heavy atom. The molecule has 4 N–H and O–H groups in total. The number of nitrogens with two attached hydrogens (primary N) is 1. The summed E-state index contributed by atoms with van der Waals surface area (Å²) in [5, 5.41) is 6.61. The summed E-state index contributed by atoms with van der Waals surface area (Å²) in [6.07, 6.45) is 3.06.